The summed E-state index contributed by atoms with van der Waals surface area (Å²) in [5.74, 6) is -1.36. The lowest BCUT2D eigenvalue weighted by Crippen LogP contribution is -2.21. The molecule has 0 radical (unpaired) electrons. The molecule has 0 atom stereocenters. The SMILES string of the molecule is O=C(COC(=O)c1cc(-c2ccccn2)nc2ccccc12)Nc1ccc([N+](=O)[O-])cc1Cl. The summed E-state index contributed by atoms with van der Waals surface area (Å²) in [6.45, 7) is -0.582. The molecule has 4 aromatic rings. The van der Waals surface area contributed by atoms with Crippen molar-refractivity contribution in [3.8, 4) is 11.4 Å². The molecule has 0 saturated carbocycles. The Bertz CT molecular complexity index is 1380. The van der Waals surface area contributed by atoms with E-state index in [-0.39, 0.29) is 22.0 Å². The number of benzene rings is 2. The summed E-state index contributed by atoms with van der Waals surface area (Å²) in [5.41, 5.74) is 1.84. The highest BCUT2D eigenvalue weighted by Crippen LogP contribution is 2.27. The highest BCUT2D eigenvalue weighted by atomic mass is 35.5. The Morgan fingerprint density at radius 1 is 1.03 bits per heavy atom. The quantitative estimate of drug-likeness (QED) is 0.251. The maximum atomic E-state index is 12.8. The minimum atomic E-state index is -0.712. The van der Waals surface area contributed by atoms with Crippen LogP contribution in [0.1, 0.15) is 10.4 Å². The van der Waals surface area contributed by atoms with E-state index in [9.17, 15) is 19.7 Å². The molecule has 0 fully saturated rings. The second kappa shape index (κ2) is 9.41. The number of para-hydroxylation sites is 1. The molecule has 0 saturated heterocycles. The average Bonchev–Trinajstić information content (AvgIpc) is 2.83. The minimum Gasteiger partial charge on any atom is -0.452 e. The van der Waals surface area contributed by atoms with Crippen LogP contribution in [0, 0.1) is 10.1 Å². The third kappa shape index (κ3) is 4.94. The topological polar surface area (TPSA) is 124 Å². The molecule has 2 aromatic heterocycles. The molecule has 9 nitrogen and oxygen atoms in total. The molecule has 2 heterocycles. The number of pyridine rings is 2. The van der Waals surface area contributed by atoms with Gasteiger partial charge in [0, 0.05) is 23.7 Å². The number of amides is 1. The Balaban J connectivity index is 1.52. The highest BCUT2D eigenvalue weighted by molar-refractivity contribution is 6.34. The van der Waals surface area contributed by atoms with E-state index in [4.69, 9.17) is 16.3 Å². The fraction of sp³-hybridized carbons (Fsp3) is 0.0435. The summed E-state index contributed by atoms with van der Waals surface area (Å²) in [5, 5.41) is 13.8. The number of esters is 1. The number of fused-ring (bicyclic) bond motifs is 1. The first-order valence-corrected chi connectivity index (χ1v) is 10.0. The van der Waals surface area contributed by atoms with Crippen molar-refractivity contribution in [2.75, 3.05) is 11.9 Å². The molecular weight excluding hydrogens is 448 g/mol. The van der Waals surface area contributed by atoms with Crippen LogP contribution in [-0.4, -0.2) is 33.4 Å². The molecule has 1 N–H and O–H groups in total. The summed E-state index contributed by atoms with van der Waals surface area (Å²) >= 11 is 5.98. The number of nitrogens with zero attached hydrogens (tertiary/aromatic N) is 3. The molecule has 1 amide bonds. The zero-order valence-corrected chi connectivity index (χ0v) is 17.7. The molecule has 33 heavy (non-hydrogen) atoms. The van der Waals surface area contributed by atoms with Crippen molar-refractivity contribution in [2.24, 2.45) is 0 Å². The Kier molecular flexibility index (Phi) is 6.23. The monoisotopic (exact) mass is 462 g/mol. The van der Waals surface area contributed by atoms with E-state index in [0.717, 1.165) is 6.07 Å². The van der Waals surface area contributed by atoms with Crippen molar-refractivity contribution in [1.82, 2.24) is 9.97 Å². The zero-order valence-electron chi connectivity index (χ0n) is 16.9. The van der Waals surface area contributed by atoms with Gasteiger partial charge in [0.05, 0.1) is 38.1 Å². The molecule has 0 unspecified atom stereocenters. The number of ether oxygens (including phenoxy) is 1. The van der Waals surface area contributed by atoms with Crippen LogP contribution in [0.25, 0.3) is 22.3 Å². The van der Waals surface area contributed by atoms with E-state index in [0.29, 0.717) is 22.3 Å². The smallest absolute Gasteiger partial charge is 0.339 e. The predicted octanol–water partition coefficient (Wildman–Crippen LogP) is 4.65. The van der Waals surface area contributed by atoms with Gasteiger partial charge in [0.1, 0.15) is 0 Å². The lowest BCUT2D eigenvalue weighted by atomic mass is 10.1. The molecule has 10 heteroatoms. The zero-order chi connectivity index (χ0) is 23.4. The number of hydrogen-bond donors (Lipinski definition) is 1. The fourth-order valence-corrected chi connectivity index (χ4v) is 3.33. The Labute approximate surface area is 192 Å². The molecule has 0 spiro atoms. The van der Waals surface area contributed by atoms with Crippen molar-refractivity contribution in [1.29, 1.82) is 0 Å². The van der Waals surface area contributed by atoms with E-state index in [1.807, 2.05) is 6.07 Å². The summed E-state index contributed by atoms with van der Waals surface area (Å²) < 4.78 is 5.21. The second-order valence-electron chi connectivity index (χ2n) is 6.83. The highest BCUT2D eigenvalue weighted by Gasteiger charge is 2.18. The van der Waals surface area contributed by atoms with Gasteiger partial charge >= 0.3 is 5.97 Å². The maximum Gasteiger partial charge on any atom is 0.339 e. The molecule has 2 aromatic carbocycles. The van der Waals surface area contributed by atoms with E-state index >= 15 is 0 Å². The number of rotatable bonds is 6. The van der Waals surface area contributed by atoms with Crippen LogP contribution in [0.5, 0.6) is 0 Å². The Morgan fingerprint density at radius 3 is 2.55 bits per heavy atom. The molecule has 0 bridgehead atoms. The van der Waals surface area contributed by atoms with Gasteiger partial charge in [-0.25, -0.2) is 9.78 Å². The van der Waals surface area contributed by atoms with Crippen molar-refractivity contribution in [3.05, 3.63) is 93.6 Å². The molecule has 4 rings (SSSR count). The van der Waals surface area contributed by atoms with Crippen molar-refractivity contribution >= 4 is 45.8 Å². The van der Waals surface area contributed by atoms with Gasteiger partial charge in [-0.15, -0.1) is 0 Å². The first-order chi connectivity index (χ1) is 15.9. The number of anilines is 1. The first-order valence-electron chi connectivity index (χ1n) is 9.64. The van der Waals surface area contributed by atoms with Gasteiger partial charge in [0.2, 0.25) is 0 Å². The van der Waals surface area contributed by atoms with E-state index < -0.39 is 23.4 Å². The van der Waals surface area contributed by atoms with Crippen molar-refractivity contribution in [3.63, 3.8) is 0 Å². The van der Waals surface area contributed by atoms with Crippen LogP contribution in [0.3, 0.4) is 0 Å². The van der Waals surface area contributed by atoms with E-state index in [2.05, 4.69) is 15.3 Å². The summed E-state index contributed by atoms with van der Waals surface area (Å²) in [4.78, 5) is 44.1. The van der Waals surface area contributed by atoms with Gasteiger partial charge in [-0.1, -0.05) is 35.9 Å². The van der Waals surface area contributed by atoms with Crippen LogP contribution < -0.4 is 5.32 Å². The van der Waals surface area contributed by atoms with Crippen LogP contribution in [0.4, 0.5) is 11.4 Å². The standard InChI is InChI=1S/C23H15ClN4O5/c24-17-11-14(28(31)32)8-9-19(17)27-22(29)13-33-23(30)16-12-21(20-7-3-4-10-25-20)26-18-6-2-1-5-15(16)18/h1-12H,13H2,(H,27,29). The predicted molar refractivity (Wildman–Crippen MR) is 122 cm³/mol. The summed E-state index contributed by atoms with van der Waals surface area (Å²) in [6, 6.07) is 17.6. The van der Waals surface area contributed by atoms with Crippen LogP contribution in [0.15, 0.2) is 72.9 Å². The maximum absolute atomic E-state index is 12.8. The normalized spacial score (nSPS) is 10.6. The summed E-state index contributed by atoms with van der Waals surface area (Å²) in [7, 11) is 0. The van der Waals surface area contributed by atoms with Gasteiger partial charge < -0.3 is 10.1 Å². The molecule has 0 aliphatic heterocycles. The van der Waals surface area contributed by atoms with Gasteiger partial charge in [-0.3, -0.25) is 19.9 Å². The van der Waals surface area contributed by atoms with Gasteiger partial charge in [-0.2, -0.15) is 0 Å². The number of carbonyl (C=O) groups excluding carboxylic acids is 2. The number of nitrogens with one attached hydrogen (secondary N) is 1. The number of non-ortho nitro benzene ring substituents is 1. The van der Waals surface area contributed by atoms with E-state index in [1.54, 1.807) is 48.7 Å². The summed E-state index contributed by atoms with van der Waals surface area (Å²) in [6.07, 6.45) is 1.62. The molecular formula is C23H15ClN4O5. The Hall–Kier alpha value is -4.37. The number of carbonyl (C=O) groups is 2. The van der Waals surface area contributed by atoms with Crippen molar-refractivity contribution in [2.45, 2.75) is 0 Å². The minimum absolute atomic E-state index is 0.0102. The number of halogens is 1. The number of nitro groups is 1. The molecule has 0 aliphatic rings. The van der Waals surface area contributed by atoms with Gasteiger partial charge in [0.15, 0.2) is 6.61 Å². The third-order valence-electron chi connectivity index (χ3n) is 4.64. The van der Waals surface area contributed by atoms with Crippen LogP contribution in [-0.2, 0) is 9.53 Å². The van der Waals surface area contributed by atoms with E-state index in [1.165, 1.54) is 12.1 Å². The first kappa shape index (κ1) is 21.8. The third-order valence-corrected chi connectivity index (χ3v) is 4.95. The number of hydrogen-bond acceptors (Lipinski definition) is 7. The second-order valence-corrected chi connectivity index (χ2v) is 7.24. The lowest BCUT2D eigenvalue weighted by Gasteiger charge is -2.10. The fourth-order valence-electron chi connectivity index (χ4n) is 3.10. The van der Waals surface area contributed by atoms with Crippen molar-refractivity contribution < 1.29 is 19.2 Å². The Morgan fingerprint density at radius 2 is 1.82 bits per heavy atom. The molecule has 0 aliphatic carbocycles. The average molecular weight is 463 g/mol. The number of nitro benzene ring substituents is 1. The molecule has 164 valence electrons. The largest absolute Gasteiger partial charge is 0.452 e. The lowest BCUT2D eigenvalue weighted by molar-refractivity contribution is -0.384. The number of aromatic nitrogens is 2. The van der Waals surface area contributed by atoms with Gasteiger partial charge in [-0.05, 0) is 30.3 Å². The van der Waals surface area contributed by atoms with Gasteiger partial charge in [0.25, 0.3) is 11.6 Å². The van der Waals surface area contributed by atoms with Crippen LogP contribution in [0.2, 0.25) is 5.02 Å². The van der Waals surface area contributed by atoms with Crippen LogP contribution >= 0.6 is 11.6 Å².